The molecule has 3 N–H and O–H groups in total. The zero-order valence-corrected chi connectivity index (χ0v) is 30.2. The largest absolute Gasteiger partial charge is 0.497 e. The highest BCUT2D eigenvalue weighted by molar-refractivity contribution is 5.96. The zero-order valence-electron chi connectivity index (χ0n) is 30.2. The highest BCUT2D eigenvalue weighted by atomic mass is 16.6. The molecule has 2 aromatic heterocycles. The lowest BCUT2D eigenvalue weighted by atomic mass is 10.0. The van der Waals surface area contributed by atoms with Crippen molar-refractivity contribution >= 4 is 34.8 Å². The van der Waals surface area contributed by atoms with E-state index in [-0.39, 0.29) is 31.4 Å². The quantitative estimate of drug-likeness (QED) is 0.265. The Hall–Kier alpha value is -5.20. The number of carboxylic acid groups (broad SMARTS) is 1. The Labute approximate surface area is 308 Å². The third-order valence-corrected chi connectivity index (χ3v) is 10.9. The SMILES string of the molecule is COc1ccc2c(O[C@@H]3CC4C(=O)N[C@]5(C(=O)O)C[C@@H]5/C=C\CCCCC[C@H](NC(=O)OC5CCCC5)C(=O)N4C3)cc(-c3cccc(C)n3)nc2c1. The average molecular weight is 726 g/mol. The second-order valence-electron chi connectivity index (χ2n) is 14.7. The number of aliphatic carboxylic acids is 1. The first-order valence-electron chi connectivity index (χ1n) is 18.7. The third-order valence-electron chi connectivity index (χ3n) is 10.9. The molecular weight excluding hydrogens is 678 g/mol. The van der Waals surface area contributed by atoms with Crippen molar-refractivity contribution in [3.05, 3.63) is 60.3 Å². The summed E-state index contributed by atoms with van der Waals surface area (Å²) in [5.74, 6) is -1.36. The summed E-state index contributed by atoms with van der Waals surface area (Å²) in [4.78, 5) is 65.2. The first kappa shape index (κ1) is 36.2. The Morgan fingerprint density at radius 1 is 0.981 bits per heavy atom. The molecule has 2 saturated carbocycles. The molecule has 4 heterocycles. The maximum atomic E-state index is 14.5. The molecular formula is C40H47N5O8. The normalized spacial score (nSPS) is 27.1. The Bertz CT molecular complexity index is 1910. The Kier molecular flexibility index (Phi) is 10.5. The van der Waals surface area contributed by atoms with Gasteiger partial charge in [-0.3, -0.25) is 14.6 Å². The second-order valence-corrected chi connectivity index (χ2v) is 14.7. The minimum atomic E-state index is -1.44. The monoisotopic (exact) mass is 725 g/mol. The van der Waals surface area contributed by atoms with Crippen molar-refractivity contribution in [3.8, 4) is 22.9 Å². The Morgan fingerprint density at radius 2 is 1.79 bits per heavy atom. The Morgan fingerprint density at radius 3 is 2.57 bits per heavy atom. The molecule has 0 radical (unpaired) electrons. The van der Waals surface area contributed by atoms with Crippen molar-refractivity contribution in [2.75, 3.05) is 13.7 Å². The minimum absolute atomic E-state index is 0.0359. The van der Waals surface area contributed by atoms with Crippen LogP contribution in [0.2, 0.25) is 0 Å². The number of carbonyl (C=O) groups is 4. The summed E-state index contributed by atoms with van der Waals surface area (Å²) in [5, 5.41) is 16.6. The van der Waals surface area contributed by atoms with Gasteiger partial charge in [0.1, 0.15) is 41.3 Å². The van der Waals surface area contributed by atoms with E-state index in [0.717, 1.165) is 50.6 Å². The highest BCUT2D eigenvalue weighted by Crippen LogP contribution is 2.45. The number of aromatic nitrogens is 2. The second kappa shape index (κ2) is 15.4. The molecule has 1 saturated heterocycles. The average Bonchev–Trinajstić information content (AvgIpc) is 3.40. The van der Waals surface area contributed by atoms with Gasteiger partial charge in [-0.2, -0.15) is 0 Å². The van der Waals surface area contributed by atoms with Crippen LogP contribution in [0.4, 0.5) is 4.79 Å². The summed E-state index contributed by atoms with van der Waals surface area (Å²) < 4.78 is 17.8. The molecule has 2 aliphatic carbocycles. The van der Waals surface area contributed by atoms with E-state index in [1.807, 2.05) is 55.5 Å². The number of nitrogens with one attached hydrogen (secondary N) is 2. The van der Waals surface area contributed by atoms with Crippen LogP contribution in [0.1, 0.15) is 76.3 Å². The van der Waals surface area contributed by atoms with Gasteiger partial charge in [-0.25, -0.2) is 14.6 Å². The molecule has 3 aromatic rings. The van der Waals surface area contributed by atoms with Gasteiger partial charge in [0, 0.05) is 35.6 Å². The predicted octanol–water partition coefficient (Wildman–Crippen LogP) is 5.48. The number of amides is 3. The molecule has 4 aliphatic rings. The molecule has 1 unspecified atom stereocenters. The molecule has 7 rings (SSSR count). The summed E-state index contributed by atoms with van der Waals surface area (Å²) in [7, 11) is 1.58. The third kappa shape index (κ3) is 7.93. The van der Waals surface area contributed by atoms with Crippen molar-refractivity contribution in [1.29, 1.82) is 0 Å². The van der Waals surface area contributed by atoms with Crippen LogP contribution < -0.4 is 20.1 Å². The lowest BCUT2D eigenvalue weighted by Crippen LogP contribution is -2.56. The number of rotatable bonds is 7. The molecule has 13 heteroatoms. The number of ether oxygens (including phenoxy) is 3. The number of hydrogen-bond acceptors (Lipinski definition) is 9. The molecule has 13 nitrogen and oxygen atoms in total. The van der Waals surface area contributed by atoms with E-state index in [0.29, 0.717) is 46.6 Å². The van der Waals surface area contributed by atoms with E-state index >= 15 is 0 Å². The van der Waals surface area contributed by atoms with Gasteiger partial charge in [-0.05, 0) is 82.6 Å². The van der Waals surface area contributed by atoms with Gasteiger partial charge in [0.25, 0.3) is 0 Å². The maximum absolute atomic E-state index is 14.5. The number of carbonyl (C=O) groups excluding carboxylic acids is 3. The van der Waals surface area contributed by atoms with E-state index in [9.17, 15) is 24.3 Å². The number of fused-ring (bicyclic) bond motifs is 3. The summed E-state index contributed by atoms with van der Waals surface area (Å²) in [6.45, 7) is 1.94. The highest BCUT2D eigenvalue weighted by Gasteiger charge is 2.61. The smallest absolute Gasteiger partial charge is 0.408 e. The van der Waals surface area contributed by atoms with Crippen LogP contribution in [0.3, 0.4) is 0 Å². The molecule has 0 spiro atoms. The zero-order chi connectivity index (χ0) is 37.1. The summed E-state index contributed by atoms with van der Waals surface area (Å²) >= 11 is 0. The Balaban J connectivity index is 1.21. The number of benzene rings is 1. The lowest BCUT2D eigenvalue weighted by Gasteiger charge is -2.29. The van der Waals surface area contributed by atoms with E-state index in [1.165, 1.54) is 4.90 Å². The van der Waals surface area contributed by atoms with Crippen LogP contribution in [-0.2, 0) is 19.1 Å². The fourth-order valence-electron chi connectivity index (χ4n) is 7.88. The molecule has 2 aliphatic heterocycles. The topological polar surface area (TPSA) is 169 Å². The van der Waals surface area contributed by atoms with Crippen LogP contribution in [0, 0.1) is 12.8 Å². The van der Waals surface area contributed by atoms with Crippen molar-refractivity contribution < 1.29 is 38.5 Å². The van der Waals surface area contributed by atoms with E-state index in [1.54, 1.807) is 13.2 Å². The first-order valence-corrected chi connectivity index (χ1v) is 18.7. The number of allylic oxidation sites excluding steroid dienone is 1. The predicted molar refractivity (Wildman–Crippen MR) is 195 cm³/mol. The number of carboxylic acids is 1. The molecule has 0 bridgehead atoms. The molecule has 5 atom stereocenters. The van der Waals surface area contributed by atoms with Crippen molar-refractivity contribution in [2.24, 2.45) is 5.92 Å². The number of nitrogens with zero attached hydrogens (tertiary/aromatic N) is 3. The van der Waals surface area contributed by atoms with Crippen LogP contribution in [-0.4, -0.2) is 87.3 Å². The molecule has 3 fully saturated rings. The fourth-order valence-corrected chi connectivity index (χ4v) is 7.88. The van der Waals surface area contributed by atoms with Gasteiger partial charge >= 0.3 is 12.1 Å². The number of hydrogen-bond donors (Lipinski definition) is 3. The number of methoxy groups -OCH3 is 1. The molecule has 1 aromatic carbocycles. The van der Waals surface area contributed by atoms with Crippen LogP contribution in [0.25, 0.3) is 22.3 Å². The van der Waals surface area contributed by atoms with Gasteiger partial charge < -0.3 is 34.9 Å². The maximum Gasteiger partial charge on any atom is 0.408 e. The van der Waals surface area contributed by atoms with Crippen LogP contribution >= 0.6 is 0 Å². The lowest BCUT2D eigenvalue weighted by molar-refractivity contribution is -0.145. The number of pyridine rings is 2. The minimum Gasteiger partial charge on any atom is -0.497 e. The summed E-state index contributed by atoms with van der Waals surface area (Å²) in [6, 6.07) is 11.0. The van der Waals surface area contributed by atoms with Crippen molar-refractivity contribution in [2.45, 2.75) is 107 Å². The van der Waals surface area contributed by atoms with E-state index < -0.39 is 47.6 Å². The van der Waals surface area contributed by atoms with Gasteiger partial charge in [-0.15, -0.1) is 0 Å². The van der Waals surface area contributed by atoms with Gasteiger partial charge in [0.05, 0.1) is 30.6 Å². The molecule has 280 valence electrons. The van der Waals surface area contributed by atoms with Crippen molar-refractivity contribution in [1.82, 2.24) is 25.5 Å². The fraction of sp³-hybridized carbons (Fsp3) is 0.500. The van der Waals surface area contributed by atoms with Gasteiger partial charge in [-0.1, -0.05) is 31.1 Å². The number of alkyl carbamates (subject to hydrolysis) is 1. The van der Waals surface area contributed by atoms with Crippen molar-refractivity contribution in [3.63, 3.8) is 0 Å². The van der Waals surface area contributed by atoms with E-state index in [2.05, 4.69) is 15.6 Å². The van der Waals surface area contributed by atoms with Crippen LogP contribution in [0.5, 0.6) is 11.5 Å². The molecule has 53 heavy (non-hydrogen) atoms. The standard InChI is InChI=1S/C40H47N5O8/c1-24-11-10-16-30(41-24)33-21-35(29-18-17-27(51-2)19-32(29)42-33)52-28-20-34-36(46)44-40(38(48)49)22-25(40)12-6-4-3-5-7-15-31(37(47)45(34)23-28)43-39(50)53-26-13-8-9-14-26/h6,10-12,16-19,21,25-26,28,31,34H,3-5,7-9,13-15,20,22-23H2,1-2H3,(H,43,50)(H,44,46)(H,48,49)/b12-6-/t25-,28+,31-,34?,40+/m0/s1. The summed E-state index contributed by atoms with van der Waals surface area (Å²) in [6.07, 6.45) is 9.74. The summed E-state index contributed by atoms with van der Waals surface area (Å²) in [5.41, 5.74) is 1.22. The van der Waals surface area contributed by atoms with E-state index in [4.69, 9.17) is 19.2 Å². The van der Waals surface area contributed by atoms with Gasteiger partial charge in [0.2, 0.25) is 11.8 Å². The molecule has 3 amide bonds. The number of aryl methyl sites for hydroxylation is 1. The van der Waals surface area contributed by atoms with Crippen LogP contribution in [0.15, 0.2) is 54.6 Å². The van der Waals surface area contributed by atoms with Gasteiger partial charge in [0.15, 0.2) is 0 Å². The first-order chi connectivity index (χ1) is 25.6.